The van der Waals surface area contributed by atoms with E-state index < -0.39 is 10.0 Å². The summed E-state index contributed by atoms with van der Waals surface area (Å²) in [5.74, 6) is 0.398. The van der Waals surface area contributed by atoms with Gasteiger partial charge in [-0.1, -0.05) is 33.6 Å². The minimum Gasteiger partial charge on any atom is -0.385 e. The van der Waals surface area contributed by atoms with Crippen LogP contribution < -0.4 is 10.0 Å². The van der Waals surface area contributed by atoms with Gasteiger partial charge in [-0.05, 0) is 36.6 Å². The highest BCUT2D eigenvalue weighted by molar-refractivity contribution is 7.89. The van der Waals surface area contributed by atoms with Crippen LogP contribution in [0.2, 0.25) is 0 Å². The Bertz CT molecular complexity index is 479. The zero-order valence-corrected chi connectivity index (χ0v) is 13.5. The van der Waals surface area contributed by atoms with Crippen LogP contribution in [0.1, 0.15) is 40.0 Å². The van der Waals surface area contributed by atoms with Gasteiger partial charge in [0.2, 0.25) is 10.0 Å². The largest absolute Gasteiger partial charge is 0.385 e. The maximum absolute atomic E-state index is 12.2. The maximum Gasteiger partial charge on any atom is 0.240 e. The summed E-state index contributed by atoms with van der Waals surface area (Å²) >= 11 is 0. The van der Waals surface area contributed by atoms with Gasteiger partial charge >= 0.3 is 0 Å². The molecule has 0 fully saturated rings. The molecule has 0 amide bonds. The van der Waals surface area contributed by atoms with E-state index in [-0.39, 0.29) is 0 Å². The SMILES string of the molecule is CCCNc1ccc(S(=O)(=O)NCC(CC)CC)cc1. The summed E-state index contributed by atoms with van der Waals surface area (Å²) in [4.78, 5) is 0.325. The van der Waals surface area contributed by atoms with Crippen molar-refractivity contribution in [1.82, 2.24) is 4.72 Å². The Morgan fingerprint density at radius 2 is 1.65 bits per heavy atom. The fourth-order valence-corrected chi connectivity index (χ4v) is 3.03. The van der Waals surface area contributed by atoms with Crippen molar-refractivity contribution < 1.29 is 8.42 Å². The topological polar surface area (TPSA) is 58.2 Å². The van der Waals surface area contributed by atoms with Crippen molar-refractivity contribution in [1.29, 1.82) is 0 Å². The predicted octanol–water partition coefficient (Wildman–Crippen LogP) is 3.22. The first-order valence-corrected chi connectivity index (χ1v) is 8.85. The summed E-state index contributed by atoms with van der Waals surface area (Å²) in [6, 6.07) is 6.91. The summed E-state index contributed by atoms with van der Waals surface area (Å²) in [5.41, 5.74) is 0.950. The molecule has 0 spiro atoms. The molecule has 5 heteroatoms. The summed E-state index contributed by atoms with van der Waals surface area (Å²) in [6.07, 6.45) is 3.01. The van der Waals surface area contributed by atoms with E-state index in [0.717, 1.165) is 31.5 Å². The molecule has 2 N–H and O–H groups in total. The second-order valence-corrected chi connectivity index (χ2v) is 6.75. The molecule has 0 radical (unpaired) electrons. The first-order valence-electron chi connectivity index (χ1n) is 7.37. The van der Waals surface area contributed by atoms with E-state index >= 15 is 0 Å². The highest BCUT2D eigenvalue weighted by Crippen LogP contribution is 2.15. The van der Waals surface area contributed by atoms with Crippen molar-refractivity contribution >= 4 is 15.7 Å². The van der Waals surface area contributed by atoms with Crippen molar-refractivity contribution in [2.75, 3.05) is 18.4 Å². The van der Waals surface area contributed by atoms with Crippen molar-refractivity contribution in [3.05, 3.63) is 24.3 Å². The molecule has 0 unspecified atom stereocenters. The smallest absolute Gasteiger partial charge is 0.240 e. The minimum atomic E-state index is -3.39. The first kappa shape index (κ1) is 17.0. The third kappa shape index (κ3) is 5.13. The van der Waals surface area contributed by atoms with Gasteiger partial charge in [-0.3, -0.25) is 0 Å². The maximum atomic E-state index is 12.2. The van der Waals surface area contributed by atoms with Crippen molar-refractivity contribution in [2.24, 2.45) is 5.92 Å². The quantitative estimate of drug-likeness (QED) is 0.736. The lowest BCUT2D eigenvalue weighted by molar-refractivity contribution is 0.479. The van der Waals surface area contributed by atoms with Crippen LogP contribution in [0.4, 0.5) is 5.69 Å². The number of benzene rings is 1. The summed E-state index contributed by atoms with van der Waals surface area (Å²) in [5, 5.41) is 3.23. The third-order valence-corrected chi connectivity index (χ3v) is 4.90. The minimum absolute atomic E-state index is 0.325. The lowest BCUT2D eigenvalue weighted by atomic mass is 10.0. The van der Waals surface area contributed by atoms with Crippen LogP contribution >= 0.6 is 0 Å². The van der Waals surface area contributed by atoms with E-state index in [4.69, 9.17) is 0 Å². The van der Waals surface area contributed by atoms with Crippen LogP contribution in [-0.4, -0.2) is 21.5 Å². The Labute approximate surface area is 123 Å². The van der Waals surface area contributed by atoms with E-state index in [2.05, 4.69) is 30.8 Å². The van der Waals surface area contributed by atoms with Crippen LogP contribution in [0, 0.1) is 5.92 Å². The van der Waals surface area contributed by atoms with Crippen molar-refractivity contribution in [3.8, 4) is 0 Å². The lowest BCUT2D eigenvalue weighted by Gasteiger charge is -2.14. The Morgan fingerprint density at radius 1 is 1.05 bits per heavy atom. The monoisotopic (exact) mass is 298 g/mol. The van der Waals surface area contributed by atoms with Crippen LogP contribution in [-0.2, 0) is 10.0 Å². The molecule has 4 nitrogen and oxygen atoms in total. The molecular weight excluding hydrogens is 272 g/mol. The molecule has 0 aliphatic carbocycles. The molecule has 20 heavy (non-hydrogen) atoms. The number of nitrogens with one attached hydrogen (secondary N) is 2. The Kier molecular flexibility index (Phi) is 7.02. The summed E-state index contributed by atoms with van der Waals surface area (Å²) in [7, 11) is -3.39. The molecular formula is C15H26N2O2S. The van der Waals surface area contributed by atoms with Crippen molar-refractivity contribution in [2.45, 2.75) is 44.9 Å². The van der Waals surface area contributed by atoms with Gasteiger partial charge in [0.25, 0.3) is 0 Å². The summed E-state index contributed by atoms with van der Waals surface area (Å²) in [6.45, 7) is 7.64. The molecule has 0 heterocycles. The molecule has 0 saturated carbocycles. The number of hydrogen-bond donors (Lipinski definition) is 2. The Hall–Kier alpha value is -1.07. The predicted molar refractivity (Wildman–Crippen MR) is 84.5 cm³/mol. The normalized spacial score (nSPS) is 11.8. The van der Waals surface area contributed by atoms with Crippen LogP contribution in [0.25, 0.3) is 0 Å². The molecule has 0 aliphatic rings. The van der Waals surface area contributed by atoms with Crippen molar-refractivity contribution in [3.63, 3.8) is 0 Å². The molecule has 1 aromatic carbocycles. The number of sulfonamides is 1. The zero-order chi connectivity index (χ0) is 15.0. The number of hydrogen-bond acceptors (Lipinski definition) is 3. The second-order valence-electron chi connectivity index (χ2n) is 4.99. The molecule has 114 valence electrons. The van der Waals surface area contributed by atoms with Gasteiger partial charge in [-0.2, -0.15) is 0 Å². The van der Waals surface area contributed by atoms with Gasteiger partial charge in [0.15, 0.2) is 0 Å². The standard InChI is InChI=1S/C15H26N2O2S/c1-4-11-16-14-7-9-15(10-8-14)20(18,19)17-12-13(5-2)6-3/h7-10,13,16-17H,4-6,11-12H2,1-3H3. The summed E-state index contributed by atoms with van der Waals surface area (Å²) < 4.78 is 27.0. The average Bonchev–Trinajstić information content (AvgIpc) is 2.46. The van der Waals surface area contributed by atoms with Gasteiger partial charge in [0.05, 0.1) is 4.90 Å². The van der Waals surface area contributed by atoms with Crippen LogP contribution in [0.3, 0.4) is 0 Å². The van der Waals surface area contributed by atoms with Crippen LogP contribution in [0.15, 0.2) is 29.2 Å². The number of rotatable bonds is 9. The van der Waals surface area contributed by atoms with Gasteiger partial charge in [0, 0.05) is 18.8 Å². The first-order chi connectivity index (χ1) is 9.53. The molecule has 0 aliphatic heterocycles. The number of anilines is 1. The molecule has 0 bridgehead atoms. The Morgan fingerprint density at radius 3 is 2.15 bits per heavy atom. The van der Waals surface area contributed by atoms with Gasteiger partial charge < -0.3 is 5.32 Å². The fraction of sp³-hybridized carbons (Fsp3) is 0.600. The molecule has 1 rings (SSSR count). The Balaban J connectivity index is 2.67. The lowest BCUT2D eigenvalue weighted by Crippen LogP contribution is -2.29. The van der Waals surface area contributed by atoms with Crippen LogP contribution in [0.5, 0.6) is 0 Å². The van der Waals surface area contributed by atoms with E-state index in [0.29, 0.717) is 17.4 Å². The third-order valence-electron chi connectivity index (χ3n) is 3.46. The van der Waals surface area contributed by atoms with E-state index in [1.807, 2.05) is 0 Å². The molecule has 1 aromatic rings. The van der Waals surface area contributed by atoms with Gasteiger partial charge in [-0.15, -0.1) is 0 Å². The molecule has 0 atom stereocenters. The average molecular weight is 298 g/mol. The molecule has 0 saturated heterocycles. The second kappa shape index (κ2) is 8.27. The molecule has 0 aromatic heterocycles. The highest BCUT2D eigenvalue weighted by atomic mass is 32.2. The van der Waals surface area contributed by atoms with E-state index in [9.17, 15) is 8.42 Å². The van der Waals surface area contributed by atoms with Gasteiger partial charge in [0.1, 0.15) is 0 Å². The van der Waals surface area contributed by atoms with E-state index in [1.54, 1.807) is 24.3 Å². The highest BCUT2D eigenvalue weighted by Gasteiger charge is 2.15. The van der Waals surface area contributed by atoms with E-state index in [1.165, 1.54) is 0 Å². The van der Waals surface area contributed by atoms with Gasteiger partial charge in [-0.25, -0.2) is 13.1 Å². The fourth-order valence-electron chi connectivity index (χ4n) is 1.91. The zero-order valence-electron chi connectivity index (χ0n) is 12.6.